The van der Waals surface area contributed by atoms with Crippen LogP contribution in [0.3, 0.4) is 0 Å². The van der Waals surface area contributed by atoms with Gasteiger partial charge in [0.25, 0.3) is 0 Å². The summed E-state index contributed by atoms with van der Waals surface area (Å²) in [6.45, 7) is 3.14. The molecule has 1 aliphatic carbocycles. The van der Waals surface area contributed by atoms with Crippen molar-refractivity contribution in [2.24, 2.45) is 5.92 Å². The largest absolute Gasteiger partial charge is 0.478 e. The van der Waals surface area contributed by atoms with E-state index in [4.69, 9.17) is 4.98 Å². The lowest BCUT2D eigenvalue weighted by Gasteiger charge is -2.14. The highest BCUT2D eigenvalue weighted by Gasteiger charge is 2.19. The minimum absolute atomic E-state index is 0.345. The van der Waals surface area contributed by atoms with E-state index in [0.29, 0.717) is 11.5 Å². The molecule has 0 atom stereocenters. The van der Waals surface area contributed by atoms with Crippen LogP contribution in [-0.2, 0) is 13.0 Å². The quantitative estimate of drug-likeness (QED) is 0.907. The molecule has 0 radical (unpaired) electrons. The molecular formula is C17H22N2O2. The predicted molar refractivity (Wildman–Crippen MR) is 82.6 cm³/mol. The van der Waals surface area contributed by atoms with Crippen molar-refractivity contribution in [3.05, 3.63) is 29.6 Å². The van der Waals surface area contributed by atoms with E-state index in [9.17, 15) is 9.90 Å². The summed E-state index contributed by atoms with van der Waals surface area (Å²) in [6.07, 6.45) is 7.21. The van der Waals surface area contributed by atoms with Crippen LogP contribution in [0.1, 0.15) is 55.2 Å². The Balaban J connectivity index is 2.04. The van der Waals surface area contributed by atoms with Gasteiger partial charge in [0.05, 0.1) is 16.6 Å². The van der Waals surface area contributed by atoms with E-state index < -0.39 is 5.97 Å². The third-order valence-electron chi connectivity index (χ3n) is 4.46. The lowest BCUT2D eigenvalue weighted by molar-refractivity contribution is 0.0697. The fourth-order valence-corrected chi connectivity index (χ4v) is 3.37. The Hall–Kier alpha value is -1.84. The van der Waals surface area contributed by atoms with Crippen molar-refractivity contribution in [3.63, 3.8) is 0 Å². The summed E-state index contributed by atoms with van der Waals surface area (Å²) in [5.41, 5.74) is 2.24. The molecule has 1 fully saturated rings. The van der Waals surface area contributed by atoms with Crippen molar-refractivity contribution < 1.29 is 9.90 Å². The van der Waals surface area contributed by atoms with E-state index in [1.807, 2.05) is 6.07 Å². The van der Waals surface area contributed by atoms with Gasteiger partial charge in [0.1, 0.15) is 5.82 Å². The number of fused-ring (bicyclic) bond motifs is 1. The Labute approximate surface area is 124 Å². The van der Waals surface area contributed by atoms with Gasteiger partial charge in [-0.05, 0) is 43.4 Å². The van der Waals surface area contributed by atoms with Crippen molar-refractivity contribution in [3.8, 4) is 0 Å². The van der Waals surface area contributed by atoms with Crippen molar-refractivity contribution >= 4 is 17.0 Å². The van der Waals surface area contributed by atoms with Gasteiger partial charge < -0.3 is 9.67 Å². The Morgan fingerprint density at radius 1 is 1.38 bits per heavy atom. The summed E-state index contributed by atoms with van der Waals surface area (Å²) in [7, 11) is 0. The summed E-state index contributed by atoms with van der Waals surface area (Å²) >= 11 is 0. The molecule has 1 N–H and O–H groups in total. The smallest absolute Gasteiger partial charge is 0.335 e. The van der Waals surface area contributed by atoms with Gasteiger partial charge in [0.2, 0.25) is 0 Å². The average molecular weight is 286 g/mol. The first-order valence-electron chi connectivity index (χ1n) is 7.91. The van der Waals surface area contributed by atoms with Crippen LogP contribution in [0.4, 0.5) is 0 Å². The molecule has 0 saturated heterocycles. The number of nitrogens with zero attached hydrogens (tertiary/aromatic N) is 2. The fraction of sp³-hybridized carbons (Fsp3) is 0.529. The van der Waals surface area contributed by atoms with Crippen LogP contribution in [0, 0.1) is 5.92 Å². The van der Waals surface area contributed by atoms with Crippen LogP contribution >= 0.6 is 0 Å². The number of aromatic carboxylic acids is 1. The number of carboxylic acid groups (broad SMARTS) is 1. The Morgan fingerprint density at radius 3 is 2.81 bits per heavy atom. The summed E-state index contributed by atoms with van der Waals surface area (Å²) in [6, 6.07) is 5.26. The number of hydrogen-bond donors (Lipinski definition) is 1. The topological polar surface area (TPSA) is 55.1 Å². The van der Waals surface area contributed by atoms with Crippen molar-refractivity contribution in [2.75, 3.05) is 0 Å². The molecule has 1 aromatic heterocycles. The van der Waals surface area contributed by atoms with Gasteiger partial charge in [-0.2, -0.15) is 0 Å². The minimum Gasteiger partial charge on any atom is -0.478 e. The number of benzene rings is 1. The van der Waals surface area contributed by atoms with Crippen molar-refractivity contribution in [2.45, 2.75) is 52.0 Å². The maximum atomic E-state index is 11.2. The Kier molecular flexibility index (Phi) is 3.95. The van der Waals surface area contributed by atoms with Gasteiger partial charge in [-0.3, -0.25) is 0 Å². The number of rotatable bonds is 5. The van der Waals surface area contributed by atoms with Crippen molar-refractivity contribution in [1.29, 1.82) is 0 Å². The Bertz CT molecular complexity index is 654. The second-order valence-corrected chi connectivity index (χ2v) is 6.05. The molecule has 2 aromatic rings. The molecule has 3 rings (SSSR count). The third-order valence-corrected chi connectivity index (χ3v) is 4.46. The summed E-state index contributed by atoms with van der Waals surface area (Å²) in [4.78, 5) is 15.9. The standard InChI is InChI=1S/C17H22N2O2/c1-2-5-16-18-14-9-8-13(17(20)21)10-15(14)19(16)11-12-6-3-4-7-12/h8-10,12H,2-7,11H2,1H3,(H,20,21). The first-order valence-corrected chi connectivity index (χ1v) is 7.91. The average Bonchev–Trinajstić information content (AvgIpc) is 3.08. The number of imidazole rings is 1. The first-order chi connectivity index (χ1) is 10.2. The molecule has 4 heteroatoms. The number of hydrogen-bond acceptors (Lipinski definition) is 2. The summed E-state index contributed by atoms with van der Waals surface area (Å²) < 4.78 is 2.27. The van der Waals surface area contributed by atoms with Gasteiger partial charge in [-0.1, -0.05) is 19.8 Å². The number of carboxylic acids is 1. The second-order valence-electron chi connectivity index (χ2n) is 6.05. The number of aryl methyl sites for hydroxylation is 1. The lowest BCUT2D eigenvalue weighted by atomic mass is 10.1. The third kappa shape index (κ3) is 2.80. The van der Waals surface area contributed by atoms with Crippen LogP contribution in [0.2, 0.25) is 0 Å². The maximum absolute atomic E-state index is 11.2. The van der Waals surface area contributed by atoms with Gasteiger partial charge in [0, 0.05) is 13.0 Å². The molecule has 0 bridgehead atoms. The molecule has 1 heterocycles. The van der Waals surface area contributed by atoms with E-state index in [1.54, 1.807) is 12.1 Å². The molecule has 0 aliphatic heterocycles. The fourth-order valence-electron chi connectivity index (χ4n) is 3.37. The summed E-state index contributed by atoms with van der Waals surface area (Å²) in [5.74, 6) is 0.941. The van der Waals surface area contributed by atoms with Crippen LogP contribution < -0.4 is 0 Å². The minimum atomic E-state index is -0.873. The molecule has 1 aliphatic rings. The molecule has 1 aromatic carbocycles. The molecule has 0 unspecified atom stereocenters. The second kappa shape index (κ2) is 5.88. The molecule has 4 nitrogen and oxygen atoms in total. The maximum Gasteiger partial charge on any atom is 0.335 e. The van der Waals surface area contributed by atoms with Crippen molar-refractivity contribution in [1.82, 2.24) is 9.55 Å². The molecular weight excluding hydrogens is 264 g/mol. The van der Waals surface area contributed by atoms with Gasteiger partial charge in [-0.25, -0.2) is 9.78 Å². The molecule has 1 saturated carbocycles. The monoisotopic (exact) mass is 286 g/mol. The number of carbonyl (C=O) groups is 1. The van der Waals surface area contributed by atoms with E-state index in [0.717, 1.165) is 36.2 Å². The van der Waals surface area contributed by atoms with E-state index in [2.05, 4.69) is 11.5 Å². The molecule has 0 amide bonds. The molecule has 0 spiro atoms. The Morgan fingerprint density at radius 2 is 2.14 bits per heavy atom. The van der Waals surface area contributed by atoms with Gasteiger partial charge >= 0.3 is 5.97 Å². The number of aromatic nitrogens is 2. The van der Waals surface area contributed by atoms with Gasteiger partial charge in [0.15, 0.2) is 0 Å². The van der Waals surface area contributed by atoms with Crippen LogP contribution in [-0.4, -0.2) is 20.6 Å². The normalized spacial score (nSPS) is 15.9. The molecule has 112 valence electrons. The van der Waals surface area contributed by atoms with Crippen LogP contribution in [0.15, 0.2) is 18.2 Å². The summed E-state index contributed by atoms with van der Waals surface area (Å²) in [5, 5.41) is 9.20. The highest BCUT2D eigenvalue weighted by molar-refractivity contribution is 5.92. The zero-order chi connectivity index (χ0) is 14.8. The zero-order valence-electron chi connectivity index (χ0n) is 12.5. The van der Waals surface area contributed by atoms with E-state index in [-0.39, 0.29) is 0 Å². The highest BCUT2D eigenvalue weighted by Crippen LogP contribution is 2.29. The van der Waals surface area contributed by atoms with Crippen LogP contribution in [0.5, 0.6) is 0 Å². The molecule has 21 heavy (non-hydrogen) atoms. The van der Waals surface area contributed by atoms with Gasteiger partial charge in [-0.15, -0.1) is 0 Å². The highest BCUT2D eigenvalue weighted by atomic mass is 16.4. The van der Waals surface area contributed by atoms with E-state index >= 15 is 0 Å². The van der Waals surface area contributed by atoms with Crippen LogP contribution in [0.25, 0.3) is 11.0 Å². The zero-order valence-corrected chi connectivity index (χ0v) is 12.5. The predicted octanol–water partition coefficient (Wildman–Crippen LogP) is 3.88. The van der Waals surface area contributed by atoms with E-state index in [1.165, 1.54) is 25.7 Å². The first kappa shape index (κ1) is 14.1. The lowest BCUT2D eigenvalue weighted by Crippen LogP contribution is -2.11. The SMILES string of the molecule is CCCc1nc2ccc(C(=O)O)cc2n1CC1CCCC1.